The molecule has 0 unspecified atom stereocenters. The van der Waals surface area contributed by atoms with E-state index in [1.54, 1.807) is 7.11 Å². The minimum absolute atomic E-state index is 0. The molecule has 5 nitrogen and oxygen atoms in total. The summed E-state index contributed by atoms with van der Waals surface area (Å²) in [6.07, 6.45) is 2.43. The molecule has 106 valence electrons. The second-order valence-corrected chi connectivity index (χ2v) is 6.22. The van der Waals surface area contributed by atoms with Crippen LogP contribution in [0.2, 0.25) is 0 Å². The van der Waals surface area contributed by atoms with E-state index in [2.05, 4.69) is 4.90 Å². The summed E-state index contributed by atoms with van der Waals surface area (Å²) >= 11 is 0. The molecule has 0 fully saturated rings. The number of hydrogen-bond acceptors (Lipinski definition) is 5. The smallest absolute Gasteiger partial charge is 0.748 e. The first kappa shape index (κ1) is 17.8. The van der Waals surface area contributed by atoms with Crippen molar-refractivity contribution in [2.75, 3.05) is 30.9 Å². The van der Waals surface area contributed by atoms with Gasteiger partial charge < -0.3 is 14.2 Å². The molecule has 0 atom stereocenters. The summed E-state index contributed by atoms with van der Waals surface area (Å²) in [6.45, 7) is 1.47. The minimum atomic E-state index is -4.12. The molecule has 1 aromatic rings. The number of ether oxygens (including phenoxy) is 1. The molecule has 0 radical (unpaired) electrons. The van der Waals surface area contributed by atoms with E-state index in [9.17, 15) is 13.0 Å². The number of aryl methyl sites for hydroxylation is 1. The summed E-state index contributed by atoms with van der Waals surface area (Å²) in [5, 5.41) is 0. The van der Waals surface area contributed by atoms with E-state index >= 15 is 0 Å². The zero-order chi connectivity index (χ0) is 13.9. The molecule has 7 heteroatoms. The van der Waals surface area contributed by atoms with E-state index in [4.69, 9.17) is 4.74 Å². The zero-order valence-electron chi connectivity index (χ0n) is 12.0. The van der Waals surface area contributed by atoms with Crippen molar-refractivity contribution in [2.24, 2.45) is 0 Å². The van der Waals surface area contributed by atoms with Crippen molar-refractivity contribution in [1.82, 2.24) is 0 Å². The molecule has 0 saturated heterocycles. The molecule has 0 N–H and O–H groups in total. The Kier molecular flexibility index (Phi) is 6.81. The number of rotatable bonds is 5. The van der Waals surface area contributed by atoms with Gasteiger partial charge in [0.05, 0.1) is 17.2 Å². The molecule has 0 bridgehead atoms. The van der Waals surface area contributed by atoms with E-state index in [-0.39, 0.29) is 35.3 Å². The van der Waals surface area contributed by atoms with Crippen LogP contribution in [0.1, 0.15) is 18.4 Å². The van der Waals surface area contributed by atoms with E-state index < -0.39 is 10.1 Å². The molecule has 1 heterocycles. The average Bonchev–Trinajstić information content (AvgIpc) is 2.37. The molecule has 0 spiro atoms. The number of anilines is 1. The van der Waals surface area contributed by atoms with E-state index in [1.165, 1.54) is 5.56 Å². The fraction of sp³-hybridized carbons (Fsp3) is 0.538. The molecule has 20 heavy (non-hydrogen) atoms. The second kappa shape index (κ2) is 7.66. The molecule has 2 rings (SSSR count). The van der Waals surface area contributed by atoms with Gasteiger partial charge in [0.2, 0.25) is 0 Å². The van der Waals surface area contributed by atoms with Crippen molar-refractivity contribution in [3.8, 4) is 5.75 Å². The van der Waals surface area contributed by atoms with Gasteiger partial charge in [-0.1, -0.05) is 6.07 Å². The summed E-state index contributed by atoms with van der Waals surface area (Å²) in [7, 11) is -2.49. The van der Waals surface area contributed by atoms with Crippen molar-refractivity contribution in [3.05, 3.63) is 23.8 Å². The van der Waals surface area contributed by atoms with Crippen LogP contribution in [0.25, 0.3) is 0 Å². The van der Waals surface area contributed by atoms with Crippen LogP contribution in [0, 0.1) is 0 Å². The van der Waals surface area contributed by atoms with Crippen LogP contribution >= 0.6 is 0 Å². The van der Waals surface area contributed by atoms with Crippen LogP contribution in [0.15, 0.2) is 18.2 Å². The minimum Gasteiger partial charge on any atom is -0.748 e. The van der Waals surface area contributed by atoms with Gasteiger partial charge in [0.1, 0.15) is 5.75 Å². The number of methoxy groups -OCH3 is 1. The second-order valence-electron chi connectivity index (χ2n) is 4.70. The monoisotopic (exact) mass is 307 g/mol. The largest absolute Gasteiger partial charge is 1.00 e. The van der Waals surface area contributed by atoms with Gasteiger partial charge in [-0.2, -0.15) is 0 Å². The predicted molar refractivity (Wildman–Crippen MR) is 72.7 cm³/mol. The molecule has 0 aromatic heterocycles. The number of hydrogen-bond donors (Lipinski definition) is 0. The van der Waals surface area contributed by atoms with Gasteiger partial charge in [0.25, 0.3) is 0 Å². The third-order valence-corrected chi connectivity index (χ3v) is 4.12. The Morgan fingerprint density at radius 2 is 2.15 bits per heavy atom. The van der Waals surface area contributed by atoms with E-state index in [1.807, 2.05) is 18.2 Å². The summed E-state index contributed by atoms with van der Waals surface area (Å²) in [6, 6.07) is 5.95. The van der Waals surface area contributed by atoms with Crippen molar-refractivity contribution < 1.29 is 47.3 Å². The Labute approximate surface area is 142 Å². The van der Waals surface area contributed by atoms with Gasteiger partial charge in [0.15, 0.2) is 0 Å². The number of nitrogens with zero attached hydrogens (tertiary/aromatic N) is 1. The molecule has 0 aliphatic carbocycles. The summed E-state index contributed by atoms with van der Waals surface area (Å²) in [4.78, 5) is 2.13. The van der Waals surface area contributed by atoms with Gasteiger partial charge in [-0.15, -0.1) is 0 Å². The number of benzene rings is 1. The van der Waals surface area contributed by atoms with Crippen LogP contribution in [-0.2, 0) is 16.5 Å². The fourth-order valence-electron chi connectivity index (χ4n) is 2.42. The maximum Gasteiger partial charge on any atom is 1.00 e. The first-order valence-electron chi connectivity index (χ1n) is 6.35. The van der Waals surface area contributed by atoms with Crippen LogP contribution < -0.4 is 39.2 Å². The average molecular weight is 307 g/mol. The molecule has 0 amide bonds. The van der Waals surface area contributed by atoms with Crippen LogP contribution in [-0.4, -0.2) is 38.9 Å². The first-order valence-corrected chi connectivity index (χ1v) is 7.93. The van der Waals surface area contributed by atoms with Crippen molar-refractivity contribution >= 4 is 15.8 Å². The number of fused-ring (bicyclic) bond motifs is 1. The van der Waals surface area contributed by atoms with Gasteiger partial charge >= 0.3 is 29.6 Å². The first-order chi connectivity index (χ1) is 8.99. The van der Waals surface area contributed by atoms with Crippen molar-refractivity contribution in [3.63, 3.8) is 0 Å². The van der Waals surface area contributed by atoms with Gasteiger partial charge in [0, 0.05) is 30.6 Å². The SMILES string of the molecule is COc1ccc2c(c1)N(CCCS(=O)(=O)[O-])CCC2.[Na+]. The quantitative estimate of drug-likeness (QED) is 0.483. The van der Waals surface area contributed by atoms with Gasteiger partial charge in [-0.05, 0) is 30.9 Å². The van der Waals surface area contributed by atoms with Crippen molar-refractivity contribution in [1.29, 1.82) is 0 Å². The third kappa shape index (κ3) is 4.93. The van der Waals surface area contributed by atoms with Crippen molar-refractivity contribution in [2.45, 2.75) is 19.3 Å². The molecular weight excluding hydrogens is 289 g/mol. The molecule has 1 aromatic carbocycles. The van der Waals surface area contributed by atoms with Gasteiger partial charge in [-0.3, -0.25) is 0 Å². The third-order valence-electron chi connectivity index (χ3n) is 3.33. The van der Waals surface area contributed by atoms with E-state index in [0.717, 1.165) is 30.8 Å². The Bertz CT molecular complexity index is 547. The zero-order valence-corrected chi connectivity index (χ0v) is 14.8. The Balaban J connectivity index is 0.00000200. The normalized spacial score (nSPS) is 14.4. The predicted octanol–water partition coefficient (Wildman–Crippen LogP) is -1.61. The molecule has 1 aliphatic heterocycles. The standard InChI is InChI=1S/C13H19NO4S.Na/c1-18-12-6-5-11-4-2-7-14(13(11)10-12)8-3-9-19(15,16)17;/h5-6,10H,2-4,7-9H2,1H3,(H,15,16,17);/q;+1/p-1. The van der Waals surface area contributed by atoms with E-state index in [0.29, 0.717) is 13.0 Å². The summed E-state index contributed by atoms with van der Waals surface area (Å²) in [5.41, 5.74) is 2.34. The maximum absolute atomic E-state index is 10.6. The van der Waals surface area contributed by atoms with Crippen LogP contribution in [0.5, 0.6) is 5.75 Å². The Hall–Kier alpha value is -0.270. The topological polar surface area (TPSA) is 69.7 Å². The van der Waals surface area contributed by atoms with Gasteiger partial charge in [-0.25, -0.2) is 8.42 Å². The van der Waals surface area contributed by atoms with Crippen LogP contribution in [0.3, 0.4) is 0 Å². The summed E-state index contributed by atoms with van der Waals surface area (Å²) in [5.74, 6) is 0.491. The Morgan fingerprint density at radius 1 is 1.40 bits per heavy atom. The molecular formula is C13H18NNaO4S. The van der Waals surface area contributed by atoms with Crippen LogP contribution in [0.4, 0.5) is 5.69 Å². The summed E-state index contributed by atoms with van der Waals surface area (Å²) < 4.78 is 37.1. The Morgan fingerprint density at radius 3 is 2.80 bits per heavy atom. The fourth-order valence-corrected chi connectivity index (χ4v) is 2.90. The molecule has 1 aliphatic rings. The maximum atomic E-state index is 10.6. The molecule has 0 saturated carbocycles.